The lowest BCUT2D eigenvalue weighted by Gasteiger charge is -2.05. The Kier molecular flexibility index (Phi) is 4.81. The molecule has 2 aromatic heterocycles. The first-order valence-electron chi connectivity index (χ1n) is 8.60. The lowest BCUT2D eigenvalue weighted by atomic mass is 10.2. The van der Waals surface area contributed by atoms with Gasteiger partial charge in [0.05, 0.1) is 4.34 Å². The zero-order chi connectivity index (χ0) is 20.7. The van der Waals surface area contributed by atoms with Crippen LogP contribution < -0.4 is 19.5 Å². The minimum absolute atomic E-state index is 0.104. The molecule has 0 aliphatic carbocycles. The quantitative estimate of drug-likeness (QED) is 0.448. The van der Waals surface area contributed by atoms with Gasteiger partial charge in [-0.2, -0.15) is 4.98 Å². The van der Waals surface area contributed by atoms with Gasteiger partial charge in [-0.05, 0) is 48.5 Å². The Hall–Kier alpha value is -3.08. The van der Waals surface area contributed by atoms with E-state index in [9.17, 15) is 9.00 Å². The fourth-order valence-corrected chi connectivity index (χ4v) is 4.97. The van der Waals surface area contributed by atoms with Crippen LogP contribution in [0.1, 0.15) is 10.4 Å². The standard InChI is InChI=1S/C19H12ClN3O5S2/c20-16-5-6-17(29-16)30(25)23-19-22-12-8-11(2-4-13(12)28-19)21-18(24)10-1-3-14-15(7-10)27-9-26-14/h1-8H,9H2,(H,21,24)(H,22,23). The van der Waals surface area contributed by atoms with Crippen LogP contribution in [-0.2, 0) is 11.0 Å². The van der Waals surface area contributed by atoms with Gasteiger partial charge in [0.25, 0.3) is 5.91 Å². The maximum Gasteiger partial charge on any atom is 0.308 e. The molecule has 0 saturated carbocycles. The van der Waals surface area contributed by atoms with E-state index in [0.29, 0.717) is 42.4 Å². The summed E-state index contributed by atoms with van der Waals surface area (Å²) >= 11 is 7.08. The second-order valence-corrected chi connectivity index (χ2v) is 9.31. The van der Waals surface area contributed by atoms with Crippen molar-refractivity contribution >= 4 is 62.6 Å². The summed E-state index contributed by atoms with van der Waals surface area (Å²) in [6, 6.07) is 13.5. The van der Waals surface area contributed by atoms with Crippen molar-refractivity contribution in [2.75, 3.05) is 16.8 Å². The first kappa shape index (κ1) is 18.9. The number of halogens is 1. The topological polar surface area (TPSA) is 103 Å². The third kappa shape index (κ3) is 3.72. The number of ether oxygens (including phenoxy) is 2. The molecule has 8 nitrogen and oxygen atoms in total. The molecule has 0 fully saturated rings. The molecule has 5 rings (SSSR count). The summed E-state index contributed by atoms with van der Waals surface area (Å²) in [7, 11) is -1.54. The summed E-state index contributed by atoms with van der Waals surface area (Å²) in [5, 5.41) is 2.81. The molecule has 0 spiro atoms. The van der Waals surface area contributed by atoms with Crippen molar-refractivity contribution in [3.8, 4) is 11.5 Å². The second-order valence-electron chi connectivity index (χ2n) is 6.15. The third-order valence-electron chi connectivity index (χ3n) is 4.19. The van der Waals surface area contributed by atoms with E-state index in [4.69, 9.17) is 25.5 Å². The van der Waals surface area contributed by atoms with Crippen molar-refractivity contribution in [1.82, 2.24) is 4.98 Å². The molecule has 0 saturated heterocycles. The molecule has 1 aliphatic rings. The SMILES string of the molecule is O=C(Nc1ccc2oc(NS(=O)c3ccc(Cl)s3)nc2c1)c1ccc2c(c1)OCO2. The van der Waals surface area contributed by atoms with E-state index in [1.54, 1.807) is 48.5 Å². The summed E-state index contributed by atoms with van der Waals surface area (Å²) in [5.41, 5.74) is 1.96. The van der Waals surface area contributed by atoms with Crippen molar-refractivity contribution < 1.29 is 22.9 Å². The fourth-order valence-electron chi connectivity index (χ4n) is 2.82. The Morgan fingerprint density at radius 3 is 2.80 bits per heavy atom. The molecule has 1 amide bonds. The van der Waals surface area contributed by atoms with E-state index < -0.39 is 11.0 Å². The Morgan fingerprint density at radius 1 is 1.10 bits per heavy atom. The highest BCUT2D eigenvalue weighted by atomic mass is 35.5. The molecule has 152 valence electrons. The number of amides is 1. The second kappa shape index (κ2) is 7.63. The highest BCUT2D eigenvalue weighted by molar-refractivity contribution is 7.88. The molecule has 1 unspecified atom stereocenters. The Balaban J connectivity index is 1.32. The smallest absolute Gasteiger partial charge is 0.308 e. The number of oxazole rings is 1. The number of carbonyl (C=O) groups excluding carboxylic acids is 1. The van der Waals surface area contributed by atoms with Crippen LogP contribution in [0, 0.1) is 0 Å². The normalized spacial score (nSPS) is 13.4. The van der Waals surface area contributed by atoms with Gasteiger partial charge < -0.3 is 19.2 Å². The van der Waals surface area contributed by atoms with Crippen LogP contribution >= 0.6 is 22.9 Å². The van der Waals surface area contributed by atoms with Crippen LogP contribution in [-0.4, -0.2) is 21.9 Å². The van der Waals surface area contributed by atoms with Crippen molar-refractivity contribution in [2.45, 2.75) is 4.21 Å². The van der Waals surface area contributed by atoms with Gasteiger partial charge in [-0.3, -0.25) is 9.52 Å². The van der Waals surface area contributed by atoms with E-state index in [-0.39, 0.29) is 18.7 Å². The summed E-state index contributed by atoms with van der Waals surface area (Å²) in [6.07, 6.45) is 0. The number of carbonyl (C=O) groups is 1. The first-order valence-corrected chi connectivity index (χ1v) is 10.9. The van der Waals surface area contributed by atoms with Gasteiger partial charge in [-0.25, -0.2) is 4.21 Å². The molecule has 0 bridgehead atoms. The maximum absolute atomic E-state index is 12.5. The summed E-state index contributed by atoms with van der Waals surface area (Å²) in [4.78, 5) is 16.8. The molecule has 1 atom stereocenters. The van der Waals surface area contributed by atoms with Crippen LogP contribution in [0.25, 0.3) is 11.1 Å². The molecule has 11 heteroatoms. The molecule has 1 aliphatic heterocycles. The number of rotatable bonds is 5. The van der Waals surface area contributed by atoms with E-state index in [0.717, 1.165) is 0 Å². The zero-order valence-electron chi connectivity index (χ0n) is 15.0. The highest BCUT2D eigenvalue weighted by Crippen LogP contribution is 2.33. The minimum Gasteiger partial charge on any atom is -0.454 e. The van der Waals surface area contributed by atoms with Crippen molar-refractivity contribution in [2.24, 2.45) is 0 Å². The number of fused-ring (bicyclic) bond motifs is 2. The van der Waals surface area contributed by atoms with Gasteiger partial charge in [0.2, 0.25) is 6.79 Å². The molecular formula is C19H12ClN3O5S2. The fraction of sp³-hybridized carbons (Fsp3) is 0.0526. The molecule has 3 heterocycles. The van der Waals surface area contributed by atoms with Gasteiger partial charge >= 0.3 is 6.01 Å². The first-order chi connectivity index (χ1) is 14.5. The number of nitrogens with one attached hydrogen (secondary N) is 2. The predicted octanol–water partition coefficient (Wildman–Crippen LogP) is 4.66. The van der Waals surface area contributed by atoms with Gasteiger partial charge in [0, 0.05) is 11.3 Å². The van der Waals surface area contributed by atoms with Gasteiger partial charge in [0.15, 0.2) is 28.1 Å². The number of hydrogen-bond acceptors (Lipinski definition) is 7. The van der Waals surface area contributed by atoms with Gasteiger partial charge in [0.1, 0.15) is 9.73 Å². The molecule has 0 radical (unpaired) electrons. The number of nitrogens with zero attached hydrogens (tertiary/aromatic N) is 1. The minimum atomic E-state index is -1.54. The van der Waals surface area contributed by atoms with Gasteiger partial charge in [-0.1, -0.05) is 11.6 Å². The Labute approximate surface area is 181 Å². The monoisotopic (exact) mass is 461 g/mol. The largest absolute Gasteiger partial charge is 0.454 e. The summed E-state index contributed by atoms with van der Waals surface area (Å²) in [6.45, 7) is 0.143. The van der Waals surface area contributed by atoms with Gasteiger partial charge in [-0.15, -0.1) is 11.3 Å². The number of aromatic nitrogens is 1. The van der Waals surface area contributed by atoms with Crippen LogP contribution in [0.5, 0.6) is 11.5 Å². The maximum atomic E-state index is 12.5. The van der Waals surface area contributed by atoms with Crippen molar-refractivity contribution in [3.05, 3.63) is 58.4 Å². The molecule has 4 aromatic rings. The molecule has 30 heavy (non-hydrogen) atoms. The van der Waals surface area contributed by atoms with E-state index in [1.165, 1.54) is 11.3 Å². The van der Waals surface area contributed by atoms with Crippen LogP contribution in [0.15, 0.2) is 57.2 Å². The van der Waals surface area contributed by atoms with Crippen LogP contribution in [0.2, 0.25) is 4.34 Å². The molecular weight excluding hydrogens is 450 g/mol. The zero-order valence-corrected chi connectivity index (χ0v) is 17.4. The van der Waals surface area contributed by atoms with E-state index >= 15 is 0 Å². The number of thiophene rings is 1. The summed E-state index contributed by atoms with van der Waals surface area (Å²) in [5.74, 6) is 0.841. The van der Waals surface area contributed by atoms with Crippen molar-refractivity contribution in [3.63, 3.8) is 0 Å². The Bertz CT molecular complexity index is 1300. The molecule has 2 aromatic carbocycles. The average Bonchev–Trinajstić information content (AvgIpc) is 3.45. The van der Waals surface area contributed by atoms with E-state index in [2.05, 4.69) is 15.0 Å². The number of benzene rings is 2. The summed E-state index contributed by atoms with van der Waals surface area (Å²) < 4.78 is 32.3. The van der Waals surface area contributed by atoms with Crippen molar-refractivity contribution in [1.29, 1.82) is 0 Å². The lowest BCUT2D eigenvalue weighted by Crippen LogP contribution is -2.11. The van der Waals surface area contributed by atoms with Crippen LogP contribution in [0.4, 0.5) is 11.7 Å². The number of anilines is 2. The van der Waals surface area contributed by atoms with E-state index in [1.807, 2.05) is 0 Å². The van der Waals surface area contributed by atoms with Crippen LogP contribution in [0.3, 0.4) is 0 Å². The lowest BCUT2D eigenvalue weighted by molar-refractivity contribution is 0.102. The number of hydrogen-bond donors (Lipinski definition) is 2. The third-order valence-corrected chi connectivity index (χ3v) is 6.78. The average molecular weight is 462 g/mol. The highest BCUT2D eigenvalue weighted by Gasteiger charge is 2.17. The predicted molar refractivity (Wildman–Crippen MR) is 114 cm³/mol. The Morgan fingerprint density at radius 2 is 1.97 bits per heavy atom. The molecule has 2 N–H and O–H groups in total.